The zero-order chi connectivity index (χ0) is 12.1. The van der Waals surface area contributed by atoms with Gasteiger partial charge >= 0.3 is 0 Å². The van der Waals surface area contributed by atoms with Crippen molar-refractivity contribution in [3.63, 3.8) is 0 Å². The van der Waals surface area contributed by atoms with Crippen LogP contribution in [0.3, 0.4) is 0 Å². The highest BCUT2D eigenvalue weighted by Gasteiger charge is 2.22. The van der Waals surface area contributed by atoms with Gasteiger partial charge in [-0.15, -0.1) is 0 Å². The summed E-state index contributed by atoms with van der Waals surface area (Å²) in [6.45, 7) is 0.708. The SMILES string of the molecule is Nc1cccnc1NCCCC(=O)NC1CC1. The van der Waals surface area contributed by atoms with Gasteiger partial charge in [0.15, 0.2) is 0 Å². The lowest BCUT2D eigenvalue weighted by atomic mass is 10.3. The van der Waals surface area contributed by atoms with E-state index in [1.165, 1.54) is 0 Å². The summed E-state index contributed by atoms with van der Waals surface area (Å²) < 4.78 is 0. The normalized spacial score (nSPS) is 14.4. The first-order chi connectivity index (χ1) is 8.25. The van der Waals surface area contributed by atoms with Crippen LogP contribution in [0.25, 0.3) is 0 Å². The number of amides is 1. The van der Waals surface area contributed by atoms with Crippen LogP contribution in [0.2, 0.25) is 0 Å². The van der Waals surface area contributed by atoms with Crippen LogP contribution in [0.15, 0.2) is 18.3 Å². The van der Waals surface area contributed by atoms with E-state index in [9.17, 15) is 4.79 Å². The van der Waals surface area contributed by atoms with Crippen LogP contribution in [-0.2, 0) is 4.79 Å². The fourth-order valence-electron chi connectivity index (χ4n) is 1.55. The van der Waals surface area contributed by atoms with Crippen LogP contribution in [0.5, 0.6) is 0 Å². The molecule has 1 aliphatic carbocycles. The first kappa shape index (κ1) is 11.7. The maximum Gasteiger partial charge on any atom is 0.220 e. The third kappa shape index (κ3) is 3.94. The summed E-state index contributed by atoms with van der Waals surface area (Å²) >= 11 is 0. The number of rotatable bonds is 6. The van der Waals surface area contributed by atoms with Gasteiger partial charge in [0.1, 0.15) is 5.82 Å². The van der Waals surface area contributed by atoms with Crippen molar-refractivity contribution in [3.8, 4) is 0 Å². The number of carbonyl (C=O) groups excluding carboxylic acids is 1. The predicted octanol–water partition coefficient (Wildman–Crippen LogP) is 1.13. The Bertz CT molecular complexity index is 390. The van der Waals surface area contributed by atoms with Gasteiger partial charge < -0.3 is 16.4 Å². The van der Waals surface area contributed by atoms with Gasteiger partial charge in [-0.3, -0.25) is 4.79 Å². The van der Waals surface area contributed by atoms with Crippen LogP contribution >= 0.6 is 0 Å². The molecule has 0 unspecified atom stereocenters. The minimum Gasteiger partial charge on any atom is -0.396 e. The standard InChI is InChI=1S/C12H18N4O/c13-10-3-1-7-14-12(10)15-8-2-4-11(17)16-9-5-6-9/h1,3,7,9H,2,4-6,8,13H2,(H,14,15)(H,16,17). The Morgan fingerprint density at radius 3 is 3.06 bits per heavy atom. The molecule has 0 aliphatic heterocycles. The molecule has 1 amide bonds. The molecule has 92 valence electrons. The molecule has 4 N–H and O–H groups in total. The molecule has 5 nitrogen and oxygen atoms in total. The Morgan fingerprint density at radius 2 is 2.35 bits per heavy atom. The van der Waals surface area contributed by atoms with Crippen molar-refractivity contribution in [1.82, 2.24) is 10.3 Å². The molecule has 0 radical (unpaired) electrons. The molecule has 1 heterocycles. The lowest BCUT2D eigenvalue weighted by Crippen LogP contribution is -2.25. The molecule has 1 aromatic heterocycles. The summed E-state index contributed by atoms with van der Waals surface area (Å²) in [5.74, 6) is 0.832. The average molecular weight is 234 g/mol. The van der Waals surface area contributed by atoms with Crippen LogP contribution in [0.1, 0.15) is 25.7 Å². The molecule has 0 bridgehead atoms. The third-order valence-corrected chi connectivity index (χ3v) is 2.65. The molecule has 2 rings (SSSR count). The van der Waals surface area contributed by atoms with Gasteiger partial charge in [0, 0.05) is 25.2 Å². The smallest absolute Gasteiger partial charge is 0.220 e. The molecular weight excluding hydrogens is 216 g/mol. The average Bonchev–Trinajstić information content (AvgIpc) is 3.10. The van der Waals surface area contributed by atoms with Crippen molar-refractivity contribution in [2.24, 2.45) is 0 Å². The molecule has 1 fully saturated rings. The number of carbonyl (C=O) groups is 1. The molecule has 0 saturated heterocycles. The van der Waals surface area contributed by atoms with E-state index >= 15 is 0 Å². The van der Waals surface area contributed by atoms with Gasteiger partial charge in [-0.25, -0.2) is 4.98 Å². The first-order valence-electron chi connectivity index (χ1n) is 5.99. The monoisotopic (exact) mass is 234 g/mol. The van der Waals surface area contributed by atoms with Gasteiger partial charge in [0.05, 0.1) is 5.69 Å². The molecule has 1 saturated carbocycles. The Labute approximate surface area is 101 Å². The van der Waals surface area contributed by atoms with Crippen LogP contribution in [0.4, 0.5) is 11.5 Å². The molecular formula is C12H18N4O. The van der Waals surface area contributed by atoms with Gasteiger partial charge in [-0.2, -0.15) is 0 Å². The Kier molecular flexibility index (Phi) is 3.80. The largest absolute Gasteiger partial charge is 0.396 e. The topological polar surface area (TPSA) is 80.0 Å². The summed E-state index contributed by atoms with van der Waals surface area (Å²) in [6.07, 6.45) is 5.30. The zero-order valence-corrected chi connectivity index (χ0v) is 9.78. The summed E-state index contributed by atoms with van der Waals surface area (Å²) in [5.41, 5.74) is 6.37. The Morgan fingerprint density at radius 1 is 1.53 bits per heavy atom. The fraction of sp³-hybridized carbons (Fsp3) is 0.500. The quantitative estimate of drug-likeness (QED) is 0.645. The minimum absolute atomic E-state index is 0.142. The van der Waals surface area contributed by atoms with Crippen molar-refractivity contribution in [3.05, 3.63) is 18.3 Å². The number of hydrogen-bond donors (Lipinski definition) is 3. The van der Waals surface area contributed by atoms with E-state index in [0.29, 0.717) is 30.5 Å². The first-order valence-corrected chi connectivity index (χ1v) is 5.99. The van der Waals surface area contributed by atoms with E-state index < -0.39 is 0 Å². The molecule has 17 heavy (non-hydrogen) atoms. The minimum atomic E-state index is 0.142. The summed E-state index contributed by atoms with van der Waals surface area (Å²) in [5, 5.41) is 6.08. The molecule has 0 aromatic carbocycles. The highest BCUT2D eigenvalue weighted by molar-refractivity contribution is 5.76. The van der Waals surface area contributed by atoms with Crippen molar-refractivity contribution >= 4 is 17.4 Å². The number of hydrogen-bond acceptors (Lipinski definition) is 4. The van der Waals surface area contributed by atoms with Crippen LogP contribution in [0, 0.1) is 0 Å². The van der Waals surface area contributed by atoms with E-state index in [1.54, 1.807) is 18.3 Å². The second-order valence-corrected chi connectivity index (χ2v) is 4.31. The zero-order valence-electron chi connectivity index (χ0n) is 9.78. The van der Waals surface area contributed by atoms with Gasteiger partial charge in [0.25, 0.3) is 0 Å². The van der Waals surface area contributed by atoms with E-state index in [1.807, 2.05) is 0 Å². The van der Waals surface area contributed by atoms with E-state index in [0.717, 1.165) is 19.3 Å². The summed E-state index contributed by atoms with van der Waals surface area (Å²) in [4.78, 5) is 15.5. The third-order valence-electron chi connectivity index (χ3n) is 2.65. The summed E-state index contributed by atoms with van der Waals surface area (Å²) in [6, 6.07) is 4.04. The Hall–Kier alpha value is -1.78. The van der Waals surface area contributed by atoms with Crippen molar-refractivity contribution < 1.29 is 4.79 Å². The molecule has 0 spiro atoms. The number of anilines is 2. The van der Waals surface area contributed by atoms with Crippen molar-refractivity contribution in [2.45, 2.75) is 31.7 Å². The van der Waals surface area contributed by atoms with E-state index in [-0.39, 0.29) is 5.91 Å². The predicted molar refractivity (Wildman–Crippen MR) is 67.5 cm³/mol. The Balaban J connectivity index is 1.62. The molecule has 1 aliphatic rings. The van der Waals surface area contributed by atoms with Gasteiger partial charge in [0.2, 0.25) is 5.91 Å². The highest BCUT2D eigenvalue weighted by Crippen LogP contribution is 2.18. The maximum atomic E-state index is 11.4. The van der Waals surface area contributed by atoms with Crippen molar-refractivity contribution in [1.29, 1.82) is 0 Å². The molecule has 0 atom stereocenters. The number of nitrogens with one attached hydrogen (secondary N) is 2. The summed E-state index contributed by atoms with van der Waals surface area (Å²) in [7, 11) is 0. The van der Waals surface area contributed by atoms with E-state index in [4.69, 9.17) is 5.73 Å². The van der Waals surface area contributed by atoms with Crippen LogP contribution < -0.4 is 16.4 Å². The molecule has 5 heteroatoms. The lowest BCUT2D eigenvalue weighted by Gasteiger charge is -2.07. The van der Waals surface area contributed by atoms with Crippen molar-refractivity contribution in [2.75, 3.05) is 17.6 Å². The van der Waals surface area contributed by atoms with Gasteiger partial charge in [-0.05, 0) is 31.4 Å². The number of aromatic nitrogens is 1. The molecule has 1 aromatic rings. The number of nitrogen functional groups attached to an aromatic ring is 1. The second-order valence-electron chi connectivity index (χ2n) is 4.31. The van der Waals surface area contributed by atoms with E-state index in [2.05, 4.69) is 15.6 Å². The highest BCUT2D eigenvalue weighted by atomic mass is 16.1. The number of nitrogens with two attached hydrogens (primary N) is 1. The lowest BCUT2D eigenvalue weighted by molar-refractivity contribution is -0.121. The number of nitrogens with zero attached hydrogens (tertiary/aromatic N) is 1. The van der Waals surface area contributed by atoms with Gasteiger partial charge in [-0.1, -0.05) is 0 Å². The number of pyridine rings is 1. The van der Waals surface area contributed by atoms with Crippen LogP contribution in [-0.4, -0.2) is 23.5 Å². The maximum absolute atomic E-state index is 11.4. The fourth-order valence-corrected chi connectivity index (χ4v) is 1.55. The second kappa shape index (κ2) is 5.52.